The summed E-state index contributed by atoms with van der Waals surface area (Å²) >= 11 is 0. The SMILES string of the molecule is Nc1ccc2c(c1)[nH]c1ccc(-c3cccc(C(F)(F)F)c3)nc12. The molecule has 0 aliphatic carbocycles. The Hall–Kier alpha value is -3.02. The maximum absolute atomic E-state index is 12.9. The summed E-state index contributed by atoms with van der Waals surface area (Å²) in [5.74, 6) is 0. The molecule has 0 atom stereocenters. The number of nitrogens with one attached hydrogen (secondary N) is 1. The third-order valence-corrected chi connectivity index (χ3v) is 3.95. The topological polar surface area (TPSA) is 54.7 Å². The fourth-order valence-electron chi connectivity index (χ4n) is 2.80. The Morgan fingerprint density at radius 2 is 1.75 bits per heavy atom. The lowest BCUT2D eigenvalue weighted by Gasteiger charge is -2.08. The lowest BCUT2D eigenvalue weighted by atomic mass is 10.1. The number of nitrogen functional groups attached to an aromatic ring is 1. The molecule has 6 heteroatoms. The molecule has 0 aliphatic rings. The monoisotopic (exact) mass is 327 g/mol. The molecule has 0 bridgehead atoms. The van der Waals surface area contributed by atoms with E-state index in [2.05, 4.69) is 9.97 Å². The van der Waals surface area contributed by atoms with Crippen molar-refractivity contribution in [2.75, 3.05) is 5.73 Å². The van der Waals surface area contributed by atoms with Crippen molar-refractivity contribution < 1.29 is 13.2 Å². The van der Waals surface area contributed by atoms with Crippen LogP contribution in [-0.4, -0.2) is 9.97 Å². The number of H-pyrrole nitrogens is 1. The Kier molecular flexibility index (Phi) is 3.03. The molecule has 0 unspecified atom stereocenters. The molecule has 3 nitrogen and oxygen atoms in total. The van der Waals surface area contributed by atoms with E-state index in [-0.39, 0.29) is 0 Å². The molecule has 3 N–H and O–H groups in total. The van der Waals surface area contributed by atoms with Crippen molar-refractivity contribution in [2.24, 2.45) is 0 Å². The molecular formula is C18H12F3N3. The van der Waals surface area contributed by atoms with Crippen LogP contribution in [-0.2, 0) is 6.18 Å². The number of benzene rings is 2. The molecule has 4 aromatic rings. The molecule has 0 spiro atoms. The van der Waals surface area contributed by atoms with Gasteiger partial charge in [0.1, 0.15) is 0 Å². The second-order valence-corrected chi connectivity index (χ2v) is 5.60. The van der Waals surface area contributed by atoms with E-state index >= 15 is 0 Å². The highest BCUT2D eigenvalue weighted by Crippen LogP contribution is 2.33. The average molecular weight is 327 g/mol. The van der Waals surface area contributed by atoms with E-state index in [0.717, 1.165) is 28.6 Å². The largest absolute Gasteiger partial charge is 0.416 e. The molecule has 120 valence electrons. The first kappa shape index (κ1) is 14.6. The minimum Gasteiger partial charge on any atom is -0.399 e. The molecule has 2 aromatic carbocycles. The van der Waals surface area contributed by atoms with E-state index in [1.54, 1.807) is 24.3 Å². The Balaban J connectivity index is 1.90. The van der Waals surface area contributed by atoms with Crippen LogP contribution in [0.25, 0.3) is 33.2 Å². The van der Waals surface area contributed by atoms with Gasteiger partial charge in [-0.25, -0.2) is 4.98 Å². The van der Waals surface area contributed by atoms with Crippen LogP contribution in [0.3, 0.4) is 0 Å². The summed E-state index contributed by atoms with van der Waals surface area (Å²) in [4.78, 5) is 7.76. The van der Waals surface area contributed by atoms with Crippen molar-refractivity contribution in [1.82, 2.24) is 9.97 Å². The lowest BCUT2D eigenvalue weighted by molar-refractivity contribution is -0.137. The molecule has 0 radical (unpaired) electrons. The summed E-state index contributed by atoms with van der Waals surface area (Å²) in [7, 11) is 0. The normalized spacial score (nSPS) is 12.1. The van der Waals surface area contributed by atoms with Crippen LogP contribution >= 0.6 is 0 Å². The van der Waals surface area contributed by atoms with Crippen molar-refractivity contribution in [2.45, 2.75) is 6.18 Å². The van der Waals surface area contributed by atoms with E-state index in [0.29, 0.717) is 22.5 Å². The molecule has 4 rings (SSSR count). The molecular weight excluding hydrogens is 315 g/mol. The average Bonchev–Trinajstić information content (AvgIpc) is 2.90. The lowest BCUT2D eigenvalue weighted by Crippen LogP contribution is -2.04. The third kappa shape index (κ3) is 2.36. The van der Waals surface area contributed by atoms with E-state index in [4.69, 9.17) is 5.73 Å². The Morgan fingerprint density at radius 3 is 2.54 bits per heavy atom. The van der Waals surface area contributed by atoms with Gasteiger partial charge < -0.3 is 10.7 Å². The fourth-order valence-corrected chi connectivity index (χ4v) is 2.80. The van der Waals surface area contributed by atoms with Gasteiger partial charge in [0.15, 0.2) is 0 Å². The summed E-state index contributed by atoms with van der Waals surface area (Å²) in [6.45, 7) is 0. The van der Waals surface area contributed by atoms with Gasteiger partial charge in [0.05, 0.1) is 27.8 Å². The maximum atomic E-state index is 12.9. The number of fused-ring (bicyclic) bond motifs is 3. The number of aromatic amines is 1. The second kappa shape index (κ2) is 4.99. The van der Waals surface area contributed by atoms with Gasteiger partial charge in [-0.1, -0.05) is 12.1 Å². The van der Waals surface area contributed by atoms with Crippen molar-refractivity contribution in [1.29, 1.82) is 0 Å². The van der Waals surface area contributed by atoms with Gasteiger partial charge in [-0.2, -0.15) is 13.2 Å². The van der Waals surface area contributed by atoms with Gasteiger partial charge in [-0.3, -0.25) is 0 Å². The Morgan fingerprint density at radius 1 is 0.917 bits per heavy atom. The number of rotatable bonds is 1. The van der Waals surface area contributed by atoms with Gasteiger partial charge in [-0.05, 0) is 42.5 Å². The number of hydrogen-bond donors (Lipinski definition) is 2. The number of nitrogens with two attached hydrogens (primary N) is 1. The molecule has 0 amide bonds. The van der Waals surface area contributed by atoms with Crippen LogP contribution in [0, 0.1) is 0 Å². The third-order valence-electron chi connectivity index (χ3n) is 3.95. The number of hydrogen-bond acceptors (Lipinski definition) is 2. The van der Waals surface area contributed by atoms with Crippen LogP contribution in [0.1, 0.15) is 5.56 Å². The van der Waals surface area contributed by atoms with Gasteiger partial charge in [0, 0.05) is 16.6 Å². The molecule has 0 fully saturated rings. The highest BCUT2D eigenvalue weighted by molar-refractivity contribution is 6.06. The van der Waals surface area contributed by atoms with Crippen LogP contribution in [0.4, 0.5) is 18.9 Å². The number of anilines is 1. The first-order valence-electron chi connectivity index (χ1n) is 7.27. The predicted octanol–water partition coefficient (Wildman–Crippen LogP) is 4.98. The molecule has 24 heavy (non-hydrogen) atoms. The summed E-state index contributed by atoms with van der Waals surface area (Å²) in [5, 5.41) is 0.882. The van der Waals surface area contributed by atoms with Crippen LogP contribution in [0.5, 0.6) is 0 Å². The number of alkyl halides is 3. The van der Waals surface area contributed by atoms with E-state index < -0.39 is 11.7 Å². The molecule has 2 aromatic heterocycles. The molecule has 0 aliphatic heterocycles. The van der Waals surface area contributed by atoms with E-state index in [1.165, 1.54) is 6.07 Å². The molecule has 0 saturated carbocycles. The van der Waals surface area contributed by atoms with Crippen LogP contribution in [0.15, 0.2) is 54.6 Å². The Bertz CT molecular complexity index is 1060. The van der Waals surface area contributed by atoms with Crippen molar-refractivity contribution in [3.05, 3.63) is 60.2 Å². The highest BCUT2D eigenvalue weighted by atomic mass is 19.4. The summed E-state index contributed by atoms with van der Waals surface area (Å²) < 4.78 is 38.7. The number of nitrogens with zero attached hydrogens (tertiary/aromatic N) is 1. The smallest absolute Gasteiger partial charge is 0.399 e. The summed E-state index contributed by atoms with van der Waals surface area (Å²) in [6, 6.07) is 14.1. The van der Waals surface area contributed by atoms with Crippen molar-refractivity contribution in [3.63, 3.8) is 0 Å². The minimum absolute atomic E-state index is 0.427. The summed E-state index contributed by atoms with van der Waals surface area (Å²) in [5.41, 5.74) is 9.01. The van der Waals surface area contributed by atoms with Gasteiger partial charge in [0.25, 0.3) is 0 Å². The predicted molar refractivity (Wildman–Crippen MR) is 88.5 cm³/mol. The van der Waals surface area contributed by atoms with E-state index in [1.807, 2.05) is 12.1 Å². The number of halogens is 3. The first-order chi connectivity index (χ1) is 11.4. The second-order valence-electron chi connectivity index (χ2n) is 5.60. The van der Waals surface area contributed by atoms with Crippen molar-refractivity contribution >= 4 is 27.6 Å². The standard InChI is InChI=1S/C18H12F3N3/c19-18(20,21)11-3-1-2-10(8-11)14-6-7-15-17(24-14)13-5-4-12(22)9-16(13)23-15/h1-9,23H,22H2. The minimum atomic E-state index is -4.38. The van der Waals surface area contributed by atoms with Crippen LogP contribution in [0.2, 0.25) is 0 Å². The van der Waals surface area contributed by atoms with Crippen LogP contribution < -0.4 is 5.73 Å². The van der Waals surface area contributed by atoms with E-state index in [9.17, 15) is 13.2 Å². The quantitative estimate of drug-likeness (QED) is 0.484. The molecule has 2 heterocycles. The zero-order chi connectivity index (χ0) is 16.9. The Labute approximate surface area is 134 Å². The first-order valence-corrected chi connectivity index (χ1v) is 7.27. The maximum Gasteiger partial charge on any atom is 0.416 e. The van der Waals surface area contributed by atoms with Gasteiger partial charge in [0.2, 0.25) is 0 Å². The number of pyridine rings is 1. The van der Waals surface area contributed by atoms with Gasteiger partial charge in [-0.15, -0.1) is 0 Å². The fraction of sp³-hybridized carbons (Fsp3) is 0.0556. The number of aromatic nitrogens is 2. The van der Waals surface area contributed by atoms with Gasteiger partial charge >= 0.3 is 6.18 Å². The summed E-state index contributed by atoms with van der Waals surface area (Å²) in [6.07, 6.45) is -4.38. The highest BCUT2D eigenvalue weighted by Gasteiger charge is 2.30. The zero-order valence-electron chi connectivity index (χ0n) is 12.4. The zero-order valence-corrected chi connectivity index (χ0v) is 12.4. The molecule has 0 saturated heterocycles. The van der Waals surface area contributed by atoms with Crippen molar-refractivity contribution in [3.8, 4) is 11.3 Å².